The van der Waals surface area contributed by atoms with Crippen LogP contribution in [-0.2, 0) is 6.54 Å². The van der Waals surface area contributed by atoms with Gasteiger partial charge < -0.3 is 10.1 Å². The average Bonchev–Trinajstić information content (AvgIpc) is 3.27. The number of aryl methyl sites for hydroxylation is 1. The molecule has 0 aliphatic heterocycles. The Kier molecular flexibility index (Phi) is 11.8. The summed E-state index contributed by atoms with van der Waals surface area (Å²) in [5, 5.41) is 3.03. The second kappa shape index (κ2) is 15.4. The summed E-state index contributed by atoms with van der Waals surface area (Å²) in [6, 6.07) is 15.5. The smallest absolute Gasteiger partial charge is 0.255 e. The number of ether oxygens (including phenoxy) is 1. The number of benzene rings is 2. The van der Waals surface area contributed by atoms with Crippen LogP contribution in [0.1, 0.15) is 91.9 Å². The summed E-state index contributed by atoms with van der Waals surface area (Å²) in [6.07, 6.45) is 15.2. The number of unbranched alkanes of at least 4 members (excludes halogenated alkanes) is 9. The van der Waals surface area contributed by atoms with E-state index < -0.39 is 0 Å². The lowest BCUT2D eigenvalue weighted by molar-refractivity contribution is -0.683. The molecule has 0 aliphatic rings. The Morgan fingerprint density at radius 1 is 0.914 bits per heavy atom. The quantitative estimate of drug-likeness (QED) is 0.162. The Morgan fingerprint density at radius 2 is 1.63 bits per heavy atom. The van der Waals surface area contributed by atoms with Crippen LogP contribution in [0.2, 0.25) is 0 Å². The Morgan fingerprint density at radius 3 is 2.34 bits per heavy atom. The molecule has 1 heterocycles. The molecule has 0 saturated carbocycles. The molecule has 3 aromatic rings. The number of carbonyl (C=O) groups excluding carboxylic acids is 1. The molecule has 0 saturated heterocycles. The fourth-order valence-electron chi connectivity index (χ4n) is 4.20. The van der Waals surface area contributed by atoms with E-state index in [9.17, 15) is 4.79 Å². The van der Waals surface area contributed by atoms with E-state index in [0.717, 1.165) is 30.0 Å². The first-order chi connectivity index (χ1) is 17.1. The zero-order valence-electron chi connectivity index (χ0n) is 21.4. The molecule has 0 spiro atoms. The highest BCUT2D eigenvalue weighted by Crippen LogP contribution is 2.18. The molecule has 0 aliphatic carbocycles. The van der Waals surface area contributed by atoms with E-state index in [2.05, 4.69) is 41.5 Å². The minimum atomic E-state index is -0.120. The third-order valence-corrected chi connectivity index (χ3v) is 6.99. The van der Waals surface area contributed by atoms with Crippen molar-refractivity contribution in [2.75, 3.05) is 11.9 Å². The molecule has 0 fully saturated rings. The number of hydrogen-bond donors (Lipinski definition) is 1. The van der Waals surface area contributed by atoms with Crippen molar-refractivity contribution in [2.24, 2.45) is 0 Å². The lowest BCUT2D eigenvalue weighted by atomic mass is 10.1. The Balaban J connectivity index is 1.38. The monoisotopic (exact) mass is 493 g/mol. The maximum absolute atomic E-state index is 12.8. The standard InChI is InChI=1S/C30H40N2O2S/c1-3-4-5-6-7-8-9-10-11-12-19-34-29-18-14-16-27(21-29)30(33)31-28-17-13-15-26(20-28)23-32-22-25(2)35-24-32/h13-18,20-22,24H,3-12,19,23H2,1-2H3/p+1. The maximum Gasteiger partial charge on any atom is 0.255 e. The number of amides is 1. The van der Waals surface area contributed by atoms with Gasteiger partial charge in [0.2, 0.25) is 5.51 Å². The number of rotatable bonds is 16. The van der Waals surface area contributed by atoms with Gasteiger partial charge in [-0.05, 0) is 43.7 Å². The molecule has 35 heavy (non-hydrogen) atoms. The summed E-state index contributed by atoms with van der Waals surface area (Å²) in [4.78, 5) is 14.1. The lowest BCUT2D eigenvalue weighted by Gasteiger charge is -2.09. The van der Waals surface area contributed by atoms with Crippen LogP contribution in [0.15, 0.2) is 60.2 Å². The van der Waals surface area contributed by atoms with E-state index >= 15 is 0 Å². The number of aromatic nitrogens is 1. The highest BCUT2D eigenvalue weighted by atomic mass is 32.1. The topological polar surface area (TPSA) is 42.2 Å². The van der Waals surface area contributed by atoms with Gasteiger partial charge in [0, 0.05) is 16.8 Å². The van der Waals surface area contributed by atoms with Crippen molar-refractivity contribution in [2.45, 2.75) is 84.6 Å². The van der Waals surface area contributed by atoms with Crippen molar-refractivity contribution in [3.63, 3.8) is 0 Å². The molecule has 1 aromatic heterocycles. The van der Waals surface area contributed by atoms with E-state index in [4.69, 9.17) is 4.74 Å². The molecule has 2 aromatic carbocycles. The maximum atomic E-state index is 12.8. The highest BCUT2D eigenvalue weighted by Gasteiger charge is 2.10. The van der Waals surface area contributed by atoms with Gasteiger partial charge in [-0.15, -0.1) is 0 Å². The van der Waals surface area contributed by atoms with Crippen LogP contribution < -0.4 is 14.6 Å². The number of thiazole rings is 1. The van der Waals surface area contributed by atoms with Crippen molar-refractivity contribution in [1.29, 1.82) is 0 Å². The van der Waals surface area contributed by atoms with Gasteiger partial charge in [-0.1, -0.05) is 94.2 Å². The normalized spacial score (nSPS) is 10.9. The largest absolute Gasteiger partial charge is 0.494 e. The van der Waals surface area contributed by atoms with Crippen LogP contribution in [0, 0.1) is 6.92 Å². The number of nitrogens with zero attached hydrogens (tertiary/aromatic N) is 1. The second-order valence-electron chi connectivity index (χ2n) is 9.35. The molecule has 5 heteroatoms. The third kappa shape index (κ3) is 10.2. The van der Waals surface area contributed by atoms with Crippen LogP contribution in [0.5, 0.6) is 5.75 Å². The molecule has 1 N–H and O–H groups in total. The zero-order valence-corrected chi connectivity index (χ0v) is 22.2. The predicted octanol–water partition coefficient (Wildman–Crippen LogP) is 7.94. The first kappa shape index (κ1) is 26.9. The van der Waals surface area contributed by atoms with Crippen LogP contribution >= 0.6 is 11.3 Å². The number of nitrogens with one attached hydrogen (secondary N) is 1. The average molecular weight is 494 g/mol. The van der Waals surface area contributed by atoms with Gasteiger partial charge in [-0.3, -0.25) is 4.79 Å². The molecule has 0 atom stereocenters. The van der Waals surface area contributed by atoms with Gasteiger partial charge in [0.25, 0.3) is 5.91 Å². The van der Waals surface area contributed by atoms with Crippen molar-refractivity contribution in [1.82, 2.24) is 0 Å². The third-order valence-electron chi connectivity index (χ3n) is 6.13. The molecular weight excluding hydrogens is 452 g/mol. The second-order valence-corrected chi connectivity index (χ2v) is 10.4. The molecule has 188 valence electrons. The molecular formula is C30H41N2O2S+. The molecule has 4 nitrogen and oxygen atoms in total. The van der Waals surface area contributed by atoms with Gasteiger partial charge in [0.1, 0.15) is 5.75 Å². The Bertz CT molecular complexity index is 1030. The summed E-state index contributed by atoms with van der Waals surface area (Å²) in [5.74, 6) is 0.636. The van der Waals surface area contributed by atoms with E-state index in [1.165, 1.54) is 62.7 Å². The summed E-state index contributed by atoms with van der Waals surface area (Å²) in [6.45, 7) is 5.85. The number of anilines is 1. The molecule has 1 amide bonds. The van der Waals surface area contributed by atoms with Crippen molar-refractivity contribution < 1.29 is 14.1 Å². The van der Waals surface area contributed by atoms with Gasteiger partial charge in [0.15, 0.2) is 12.7 Å². The zero-order chi connectivity index (χ0) is 24.7. The summed E-state index contributed by atoms with van der Waals surface area (Å²) in [7, 11) is 0. The van der Waals surface area contributed by atoms with Gasteiger partial charge in [-0.25, -0.2) is 0 Å². The number of hydrogen-bond acceptors (Lipinski definition) is 3. The summed E-state index contributed by atoms with van der Waals surface area (Å²) < 4.78 is 8.09. The Hall–Kier alpha value is -2.66. The van der Waals surface area contributed by atoms with E-state index in [-0.39, 0.29) is 5.91 Å². The van der Waals surface area contributed by atoms with E-state index in [1.807, 2.05) is 42.5 Å². The molecule has 0 unspecified atom stereocenters. The highest BCUT2D eigenvalue weighted by molar-refractivity contribution is 7.09. The molecule has 0 bridgehead atoms. The predicted molar refractivity (Wildman–Crippen MR) is 147 cm³/mol. The fourth-order valence-corrected chi connectivity index (χ4v) is 4.83. The molecule has 3 rings (SSSR count). The van der Waals surface area contributed by atoms with Crippen LogP contribution in [0.4, 0.5) is 5.69 Å². The van der Waals surface area contributed by atoms with Gasteiger partial charge >= 0.3 is 0 Å². The summed E-state index contributed by atoms with van der Waals surface area (Å²) >= 11 is 1.73. The van der Waals surface area contributed by atoms with Crippen molar-refractivity contribution in [3.8, 4) is 5.75 Å². The van der Waals surface area contributed by atoms with E-state index in [1.54, 1.807) is 11.3 Å². The van der Waals surface area contributed by atoms with Crippen LogP contribution in [0.25, 0.3) is 0 Å². The van der Waals surface area contributed by atoms with Gasteiger partial charge in [0.05, 0.1) is 11.5 Å². The lowest BCUT2D eigenvalue weighted by Crippen LogP contribution is -2.30. The van der Waals surface area contributed by atoms with Crippen LogP contribution in [-0.4, -0.2) is 12.5 Å². The minimum Gasteiger partial charge on any atom is -0.494 e. The first-order valence-corrected chi connectivity index (χ1v) is 14.1. The summed E-state index contributed by atoms with van der Waals surface area (Å²) in [5.41, 5.74) is 4.68. The Labute approximate surface area is 215 Å². The van der Waals surface area contributed by atoms with Crippen molar-refractivity contribution >= 4 is 22.9 Å². The SMILES string of the molecule is CCCCCCCCCCCCOc1cccc(C(=O)Nc2cccc(C[n+]3csc(C)c3)c2)c1. The first-order valence-electron chi connectivity index (χ1n) is 13.2. The fraction of sp³-hybridized carbons (Fsp3) is 0.467. The van der Waals surface area contributed by atoms with Crippen LogP contribution in [0.3, 0.4) is 0 Å². The van der Waals surface area contributed by atoms with Crippen molar-refractivity contribution in [3.05, 3.63) is 76.2 Å². The molecule has 0 radical (unpaired) electrons. The van der Waals surface area contributed by atoms with E-state index in [0.29, 0.717) is 12.2 Å². The van der Waals surface area contributed by atoms with Gasteiger partial charge in [-0.2, -0.15) is 4.57 Å². The number of carbonyl (C=O) groups is 1. The minimum absolute atomic E-state index is 0.120.